The van der Waals surface area contributed by atoms with Crippen molar-refractivity contribution < 1.29 is 59.2 Å². The third kappa shape index (κ3) is 3.90. The van der Waals surface area contributed by atoms with Crippen LogP contribution < -0.4 is 9.47 Å². The molecule has 0 saturated heterocycles. The Morgan fingerprint density at radius 1 is 1.03 bits per heavy atom. The summed E-state index contributed by atoms with van der Waals surface area (Å²) >= 11 is 0. The van der Waals surface area contributed by atoms with Crippen molar-refractivity contribution in [2.45, 2.75) is 30.7 Å². The minimum absolute atomic E-state index is 0.00922. The van der Waals surface area contributed by atoms with Gasteiger partial charge in [0.1, 0.15) is 6.10 Å². The fourth-order valence-corrected chi connectivity index (χ4v) is 4.64. The Morgan fingerprint density at radius 2 is 1.66 bits per heavy atom. The van der Waals surface area contributed by atoms with Crippen molar-refractivity contribution in [2.24, 2.45) is 5.92 Å². The van der Waals surface area contributed by atoms with Crippen LogP contribution in [0.2, 0.25) is 0 Å². The van der Waals surface area contributed by atoms with Gasteiger partial charge < -0.3 is 49.6 Å². The van der Waals surface area contributed by atoms with Crippen molar-refractivity contribution in [3.63, 3.8) is 0 Å². The third-order valence-corrected chi connectivity index (χ3v) is 6.42. The van der Waals surface area contributed by atoms with Crippen molar-refractivity contribution >= 4 is 11.9 Å². The highest BCUT2D eigenvalue weighted by Gasteiger charge is 2.53. The number of esters is 2. The second-order valence-electron chi connectivity index (χ2n) is 8.30. The smallest absolute Gasteiger partial charge is 0.339 e. The summed E-state index contributed by atoms with van der Waals surface area (Å²) in [7, 11) is 2.53. The number of phenolic OH excluding ortho intramolecular Hbond substituents is 4. The largest absolute Gasteiger partial charge is 0.504 e. The number of phenols is 4. The van der Waals surface area contributed by atoms with Gasteiger partial charge in [0.05, 0.1) is 31.5 Å². The lowest BCUT2D eigenvalue weighted by Crippen LogP contribution is -2.56. The van der Waals surface area contributed by atoms with E-state index in [1.165, 1.54) is 26.4 Å². The number of hydrogen-bond donors (Lipinski definition) is 6. The van der Waals surface area contributed by atoms with E-state index in [-0.39, 0.29) is 40.4 Å². The van der Waals surface area contributed by atoms with Crippen molar-refractivity contribution in [3.8, 4) is 34.5 Å². The summed E-state index contributed by atoms with van der Waals surface area (Å²) < 4.78 is 21.0. The number of aliphatic hydroxyl groups excluding tert-OH is 2. The maximum atomic E-state index is 13.0. The molecule has 12 nitrogen and oxygen atoms in total. The average molecular weight is 492 g/mol. The number of methoxy groups -OCH3 is 2. The van der Waals surface area contributed by atoms with Crippen molar-refractivity contribution in [2.75, 3.05) is 20.8 Å². The Bertz CT molecular complexity index is 1150. The van der Waals surface area contributed by atoms with Gasteiger partial charge in [0.15, 0.2) is 29.1 Å². The van der Waals surface area contributed by atoms with Gasteiger partial charge >= 0.3 is 11.9 Å². The van der Waals surface area contributed by atoms with Gasteiger partial charge in [0.2, 0.25) is 11.5 Å². The van der Waals surface area contributed by atoms with Crippen LogP contribution in [0.4, 0.5) is 0 Å². The highest BCUT2D eigenvalue weighted by Crippen LogP contribution is 2.51. The Morgan fingerprint density at radius 3 is 2.23 bits per heavy atom. The Balaban J connectivity index is 1.74. The molecule has 4 rings (SSSR count). The van der Waals surface area contributed by atoms with E-state index >= 15 is 0 Å². The number of carbonyl (C=O) groups excluding carboxylic acids is 2. The van der Waals surface area contributed by atoms with Gasteiger partial charge in [-0.1, -0.05) is 0 Å². The highest BCUT2D eigenvalue weighted by atomic mass is 16.6. The molecule has 0 radical (unpaired) electrons. The summed E-state index contributed by atoms with van der Waals surface area (Å²) in [4.78, 5) is 25.7. The zero-order valence-electron chi connectivity index (χ0n) is 18.7. The molecule has 0 spiro atoms. The summed E-state index contributed by atoms with van der Waals surface area (Å²) in [6.07, 6.45) is -4.20. The number of rotatable bonds is 5. The molecule has 6 N–H and O–H groups in total. The Labute approximate surface area is 198 Å². The zero-order chi connectivity index (χ0) is 25.6. The first-order valence-electron chi connectivity index (χ1n) is 10.6. The van der Waals surface area contributed by atoms with E-state index in [9.17, 15) is 40.2 Å². The molecule has 1 aliphatic heterocycles. The first kappa shape index (κ1) is 24.2. The maximum absolute atomic E-state index is 13.0. The number of carbonyl (C=O) groups is 2. The molecule has 35 heavy (non-hydrogen) atoms. The van der Waals surface area contributed by atoms with Crippen LogP contribution in [0.3, 0.4) is 0 Å². The molecule has 2 aromatic rings. The summed E-state index contributed by atoms with van der Waals surface area (Å²) in [5.74, 6) is -6.54. The second-order valence-corrected chi connectivity index (χ2v) is 8.30. The van der Waals surface area contributed by atoms with Crippen LogP contribution in [0.15, 0.2) is 18.2 Å². The molecule has 1 fully saturated rings. The molecule has 1 saturated carbocycles. The van der Waals surface area contributed by atoms with Crippen molar-refractivity contribution in [1.82, 2.24) is 0 Å². The lowest BCUT2D eigenvalue weighted by Gasteiger charge is -2.45. The SMILES string of the molecule is COc1cc(C(=O)O[C@@H]2[C@@H](O)[C@H](CO)C[C@@H]3c4c(cc(O)c(O)c4O)C(=O)O[C@@H]23)cc(OC)c1O. The molecular formula is C23H24O12. The van der Waals surface area contributed by atoms with Crippen molar-refractivity contribution in [1.29, 1.82) is 0 Å². The molecular weight excluding hydrogens is 468 g/mol. The number of benzene rings is 2. The Kier molecular flexibility index (Phi) is 6.26. The summed E-state index contributed by atoms with van der Waals surface area (Å²) in [5.41, 5.74) is -0.370. The maximum Gasteiger partial charge on any atom is 0.339 e. The zero-order valence-corrected chi connectivity index (χ0v) is 18.7. The predicted molar refractivity (Wildman–Crippen MR) is 115 cm³/mol. The summed E-state index contributed by atoms with van der Waals surface area (Å²) in [6, 6.07) is 3.31. The third-order valence-electron chi connectivity index (χ3n) is 6.42. The van der Waals surface area contributed by atoms with Gasteiger partial charge in [-0.25, -0.2) is 9.59 Å². The Hall–Kier alpha value is -3.90. The van der Waals surface area contributed by atoms with Crippen LogP contribution in [0.5, 0.6) is 34.5 Å². The van der Waals surface area contributed by atoms with E-state index in [1.807, 2.05) is 0 Å². The summed E-state index contributed by atoms with van der Waals surface area (Å²) in [6.45, 7) is -0.520. The number of aromatic hydroxyl groups is 4. The predicted octanol–water partition coefficient (Wildman–Crippen LogP) is 0.747. The quantitative estimate of drug-likeness (QED) is 0.254. The highest BCUT2D eigenvalue weighted by molar-refractivity contribution is 5.95. The van der Waals surface area contributed by atoms with E-state index in [0.717, 1.165) is 6.07 Å². The molecule has 12 heteroatoms. The van der Waals surface area contributed by atoms with Crippen molar-refractivity contribution in [3.05, 3.63) is 34.9 Å². The molecule has 188 valence electrons. The molecule has 0 unspecified atom stereocenters. The van der Waals surface area contributed by atoms with Crippen LogP contribution in [-0.2, 0) is 9.47 Å². The number of ether oxygens (including phenoxy) is 4. The standard InChI is InChI=1S/C23H24O12/c1-32-13-4-8(5-14(33-2)18(13)28)22(30)35-21-16(26)9(7-24)3-10-15-11(23(31)34-20(10)21)6-12(25)17(27)19(15)29/h4-6,9-10,16,20-21,24-29H,3,7H2,1-2H3/t9-,10+,16-,20+,21+/m0/s1. The first-order valence-corrected chi connectivity index (χ1v) is 10.6. The van der Waals surface area contributed by atoms with Gasteiger partial charge in [0, 0.05) is 24.0 Å². The van der Waals surface area contributed by atoms with Crippen LogP contribution in [0.25, 0.3) is 0 Å². The first-order chi connectivity index (χ1) is 16.6. The molecule has 0 bridgehead atoms. The molecule has 1 heterocycles. The monoisotopic (exact) mass is 492 g/mol. The van der Waals surface area contributed by atoms with Crippen LogP contribution >= 0.6 is 0 Å². The van der Waals surface area contributed by atoms with Gasteiger partial charge in [-0.3, -0.25) is 0 Å². The fraction of sp³-hybridized carbons (Fsp3) is 0.391. The van der Waals surface area contributed by atoms with Crippen LogP contribution in [0, 0.1) is 5.92 Å². The van der Waals surface area contributed by atoms with E-state index in [4.69, 9.17) is 18.9 Å². The van der Waals surface area contributed by atoms with Gasteiger partial charge in [-0.05, 0) is 24.6 Å². The molecule has 0 aromatic heterocycles. The fourth-order valence-electron chi connectivity index (χ4n) is 4.64. The van der Waals surface area contributed by atoms with E-state index in [2.05, 4.69) is 0 Å². The van der Waals surface area contributed by atoms with Crippen LogP contribution in [-0.4, -0.2) is 81.7 Å². The van der Waals surface area contributed by atoms with E-state index < -0.39 is 65.9 Å². The lowest BCUT2D eigenvalue weighted by molar-refractivity contribution is -0.138. The molecule has 2 aromatic carbocycles. The van der Waals surface area contributed by atoms with Gasteiger partial charge in [0.25, 0.3) is 0 Å². The lowest BCUT2D eigenvalue weighted by atomic mass is 9.70. The molecule has 1 aliphatic carbocycles. The van der Waals surface area contributed by atoms with E-state index in [1.54, 1.807) is 0 Å². The normalized spacial score (nSPS) is 25.1. The summed E-state index contributed by atoms with van der Waals surface area (Å²) in [5, 5.41) is 61.1. The van der Waals surface area contributed by atoms with Gasteiger partial charge in [-0.2, -0.15) is 0 Å². The van der Waals surface area contributed by atoms with Gasteiger partial charge in [-0.15, -0.1) is 0 Å². The van der Waals surface area contributed by atoms with E-state index in [0.29, 0.717) is 0 Å². The molecule has 0 amide bonds. The average Bonchev–Trinajstić information content (AvgIpc) is 2.84. The second kappa shape index (κ2) is 9.04. The minimum atomic E-state index is -1.48. The number of fused-ring (bicyclic) bond motifs is 3. The minimum Gasteiger partial charge on any atom is -0.504 e. The number of aliphatic hydroxyl groups is 2. The number of hydrogen-bond acceptors (Lipinski definition) is 12. The molecule has 2 aliphatic rings. The topological polar surface area (TPSA) is 192 Å². The molecule has 5 atom stereocenters. The van der Waals surface area contributed by atoms with Crippen LogP contribution in [0.1, 0.15) is 38.6 Å².